The van der Waals surface area contributed by atoms with E-state index in [1.54, 1.807) is 0 Å². The lowest BCUT2D eigenvalue weighted by molar-refractivity contribution is 0.707. The molecule has 1 fully saturated rings. The molecule has 0 radical (unpaired) electrons. The van der Waals surface area contributed by atoms with E-state index >= 15 is 0 Å². The van der Waals surface area contributed by atoms with Crippen molar-refractivity contribution in [1.82, 2.24) is 14.5 Å². The highest BCUT2D eigenvalue weighted by Gasteiger charge is 2.28. The maximum absolute atomic E-state index is 4.62. The van der Waals surface area contributed by atoms with Gasteiger partial charge in [0.05, 0.1) is 16.2 Å². The number of hydrogen-bond donors (Lipinski definition) is 0. The highest BCUT2D eigenvalue weighted by Crippen LogP contribution is 2.40. The third-order valence-electron chi connectivity index (χ3n) is 2.85. The highest BCUT2D eigenvalue weighted by molar-refractivity contribution is 9.10. The summed E-state index contributed by atoms with van der Waals surface area (Å²) in [6.07, 6.45) is 7.25. The van der Waals surface area contributed by atoms with E-state index in [0.29, 0.717) is 6.04 Å². The molecule has 1 aliphatic rings. The van der Waals surface area contributed by atoms with Crippen molar-refractivity contribution in [3.63, 3.8) is 0 Å². The number of imidazole rings is 1. The van der Waals surface area contributed by atoms with Gasteiger partial charge in [-0.15, -0.1) is 0 Å². The summed E-state index contributed by atoms with van der Waals surface area (Å²) in [6.45, 7) is 2.15. The molecule has 0 bridgehead atoms. The minimum absolute atomic E-state index is 0.670. The molecule has 2 aromatic rings. The zero-order valence-corrected chi connectivity index (χ0v) is 10.2. The molecular formula is C11H12BrN3. The van der Waals surface area contributed by atoms with Gasteiger partial charge in [-0.05, 0) is 28.8 Å². The Labute approximate surface area is 96.7 Å². The van der Waals surface area contributed by atoms with Gasteiger partial charge in [0.15, 0.2) is 0 Å². The fraction of sp³-hybridized carbons (Fsp3) is 0.455. The molecule has 0 saturated heterocycles. The van der Waals surface area contributed by atoms with E-state index in [2.05, 4.69) is 37.4 Å². The van der Waals surface area contributed by atoms with Crippen LogP contribution in [0.4, 0.5) is 0 Å². The largest absolute Gasteiger partial charge is 0.324 e. The maximum Gasteiger partial charge on any atom is 0.109 e. The molecule has 0 spiro atoms. The maximum atomic E-state index is 4.62. The third kappa shape index (κ3) is 1.39. The van der Waals surface area contributed by atoms with Crippen molar-refractivity contribution in [3.8, 4) is 0 Å². The molecule has 1 aliphatic carbocycles. The first-order valence-corrected chi connectivity index (χ1v) is 6.11. The topological polar surface area (TPSA) is 30.7 Å². The minimum Gasteiger partial charge on any atom is -0.324 e. The van der Waals surface area contributed by atoms with Crippen molar-refractivity contribution in [2.75, 3.05) is 0 Å². The van der Waals surface area contributed by atoms with Crippen molar-refractivity contribution in [2.24, 2.45) is 0 Å². The normalized spacial score (nSPS) is 16.1. The van der Waals surface area contributed by atoms with E-state index < -0.39 is 0 Å². The Hall–Kier alpha value is -0.900. The van der Waals surface area contributed by atoms with Gasteiger partial charge >= 0.3 is 0 Å². The van der Waals surface area contributed by atoms with Crippen molar-refractivity contribution in [3.05, 3.63) is 22.7 Å². The molecule has 0 atom stereocenters. The van der Waals surface area contributed by atoms with E-state index in [0.717, 1.165) is 16.4 Å². The first-order chi connectivity index (χ1) is 7.31. The first kappa shape index (κ1) is 9.33. The summed E-state index contributed by atoms with van der Waals surface area (Å²) < 4.78 is 3.43. The van der Waals surface area contributed by atoms with E-state index in [1.807, 2.05) is 12.4 Å². The molecule has 0 aliphatic heterocycles. The molecule has 15 heavy (non-hydrogen) atoms. The van der Waals surface area contributed by atoms with Crippen molar-refractivity contribution in [2.45, 2.75) is 32.2 Å². The van der Waals surface area contributed by atoms with E-state index in [1.165, 1.54) is 24.2 Å². The van der Waals surface area contributed by atoms with Crippen LogP contribution < -0.4 is 0 Å². The van der Waals surface area contributed by atoms with Crippen molar-refractivity contribution in [1.29, 1.82) is 0 Å². The van der Waals surface area contributed by atoms with Crippen LogP contribution in [0, 0.1) is 0 Å². The summed E-state index contributed by atoms with van der Waals surface area (Å²) in [6, 6.07) is 0.670. The summed E-state index contributed by atoms with van der Waals surface area (Å²) in [5, 5.41) is 0. The molecule has 0 unspecified atom stereocenters. The quantitative estimate of drug-likeness (QED) is 0.836. The second kappa shape index (κ2) is 3.30. The monoisotopic (exact) mass is 265 g/mol. The molecule has 1 saturated carbocycles. The lowest BCUT2D eigenvalue weighted by atomic mass is 10.4. The van der Waals surface area contributed by atoms with Crippen LogP contribution in [0.25, 0.3) is 11.0 Å². The van der Waals surface area contributed by atoms with E-state index in [9.17, 15) is 0 Å². The molecule has 3 nitrogen and oxygen atoms in total. The number of rotatable bonds is 2. The predicted molar refractivity (Wildman–Crippen MR) is 62.9 cm³/mol. The smallest absolute Gasteiger partial charge is 0.109 e. The second-order valence-corrected chi connectivity index (χ2v) is 4.83. The average Bonchev–Trinajstić information content (AvgIpc) is 2.99. The fourth-order valence-corrected chi connectivity index (χ4v) is 2.55. The molecule has 78 valence electrons. The number of pyridine rings is 1. The minimum atomic E-state index is 0.670. The summed E-state index contributed by atoms with van der Waals surface area (Å²) in [7, 11) is 0. The van der Waals surface area contributed by atoms with Gasteiger partial charge < -0.3 is 4.57 Å². The van der Waals surface area contributed by atoms with Crippen LogP contribution in [0.15, 0.2) is 16.9 Å². The number of fused-ring (bicyclic) bond motifs is 1. The number of aryl methyl sites for hydroxylation is 1. The van der Waals surface area contributed by atoms with Gasteiger partial charge in [-0.25, -0.2) is 4.98 Å². The van der Waals surface area contributed by atoms with Crippen LogP contribution in [-0.2, 0) is 6.42 Å². The molecule has 0 aromatic carbocycles. The van der Waals surface area contributed by atoms with Gasteiger partial charge in [0.2, 0.25) is 0 Å². The Morgan fingerprint density at radius 2 is 2.27 bits per heavy atom. The summed E-state index contributed by atoms with van der Waals surface area (Å²) in [5.74, 6) is 1.18. The standard InChI is InChI=1S/C11H12BrN3/c1-2-10-14-9-6-13-5-8(12)11(9)15(10)7-3-4-7/h5-7H,2-4H2,1H3. The van der Waals surface area contributed by atoms with Gasteiger partial charge in [0, 0.05) is 18.7 Å². The van der Waals surface area contributed by atoms with Crippen LogP contribution >= 0.6 is 15.9 Å². The Balaban J connectivity index is 2.35. The first-order valence-electron chi connectivity index (χ1n) is 5.31. The number of halogens is 1. The Kier molecular flexibility index (Phi) is 2.06. The van der Waals surface area contributed by atoms with Crippen LogP contribution in [0.3, 0.4) is 0 Å². The molecule has 0 amide bonds. The van der Waals surface area contributed by atoms with Crippen molar-refractivity contribution >= 4 is 27.0 Å². The van der Waals surface area contributed by atoms with Gasteiger partial charge in [0.1, 0.15) is 11.3 Å². The van der Waals surface area contributed by atoms with Crippen LogP contribution in [0.2, 0.25) is 0 Å². The molecule has 4 heteroatoms. The lowest BCUT2D eigenvalue weighted by Crippen LogP contribution is -2.00. The predicted octanol–water partition coefficient (Wildman–Crippen LogP) is 3.09. The molecule has 0 N–H and O–H groups in total. The SMILES string of the molecule is CCc1nc2cncc(Br)c2n1C1CC1. The molecule has 2 aromatic heterocycles. The Morgan fingerprint density at radius 3 is 2.93 bits per heavy atom. The zero-order valence-electron chi connectivity index (χ0n) is 8.57. The third-order valence-corrected chi connectivity index (χ3v) is 3.43. The fourth-order valence-electron chi connectivity index (χ4n) is 2.04. The lowest BCUT2D eigenvalue weighted by Gasteiger charge is -2.06. The second-order valence-electron chi connectivity index (χ2n) is 3.97. The summed E-state index contributed by atoms with van der Waals surface area (Å²) in [4.78, 5) is 8.78. The van der Waals surface area contributed by atoms with Crippen LogP contribution in [0.5, 0.6) is 0 Å². The van der Waals surface area contributed by atoms with E-state index in [-0.39, 0.29) is 0 Å². The molecule has 2 heterocycles. The van der Waals surface area contributed by atoms with Gasteiger partial charge in [0.25, 0.3) is 0 Å². The average molecular weight is 266 g/mol. The van der Waals surface area contributed by atoms with Gasteiger partial charge in [-0.2, -0.15) is 0 Å². The summed E-state index contributed by atoms with van der Waals surface area (Å²) >= 11 is 3.56. The zero-order chi connectivity index (χ0) is 10.4. The highest BCUT2D eigenvalue weighted by atomic mass is 79.9. The molecule has 3 rings (SSSR count). The van der Waals surface area contributed by atoms with Crippen molar-refractivity contribution < 1.29 is 0 Å². The van der Waals surface area contributed by atoms with Crippen LogP contribution in [0.1, 0.15) is 31.6 Å². The Morgan fingerprint density at radius 1 is 1.47 bits per heavy atom. The van der Waals surface area contributed by atoms with E-state index in [4.69, 9.17) is 0 Å². The number of hydrogen-bond acceptors (Lipinski definition) is 2. The number of nitrogens with zero attached hydrogens (tertiary/aromatic N) is 3. The van der Waals surface area contributed by atoms with Gasteiger partial charge in [-0.1, -0.05) is 6.92 Å². The number of aromatic nitrogens is 3. The van der Waals surface area contributed by atoms with Crippen LogP contribution in [-0.4, -0.2) is 14.5 Å². The van der Waals surface area contributed by atoms with Gasteiger partial charge in [-0.3, -0.25) is 4.98 Å². The Bertz CT molecular complexity index is 514. The molecular weight excluding hydrogens is 254 g/mol. The summed E-state index contributed by atoms with van der Waals surface area (Å²) in [5.41, 5.74) is 2.22.